The summed E-state index contributed by atoms with van der Waals surface area (Å²) in [6.07, 6.45) is 0.455. The van der Waals surface area contributed by atoms with Gasteiger partial charge in [0, 0.05) is 5.69 Å². The molecule has 2 rings (SSSR count). The first-order valence-electron chi connectivity index (χ1n) is 4.52. The van der Waals surface area contributed by atoms with Crippen LogP contribution in [0.1, 0.15) is 5.56 Å². The van der Waals surface area contributed by atoms with E-state index in [9.17, 15) is 4.79 Å². The van der Waals surface area contributed by atoms with Gasteiger partial charge in [-0.1, -0.05) is 12.1 Å². The van der Waals surface area contributed by atoms with E-state index in [2.05, 4.69) is 5.32 Å². The summed E-state index contributed by atoms with van der Waals surface area (Å²) in [4.78, 5) is 10.7. The molecule has 0 aromatic heterocycles. The van der Waals surface area contributed by atoms with Crippen molar-refractivity contribution in [1.82, 2.24) is 5.32 Å². The van der Waals surface area contributed by atoms with Crippen molar-refractivity contribution in [2.24, 2.45) is 0 Å². The van der Waals surface area contributed by atoms with Gasteiger partial charge in [-0.15, -0.1) is 0 Å². The second kappa shape index (κ2) is 3.57. The Hall–Kier alpha value is -1.71. The van der Waals surface area contributed by atoms with Crippen LogP contribution in [0.4, 0.5) is 10.5 Å². The number of nitrogens with two attached hydrogens (primary N) is 1. The number of hydrogen-bond donors (Lipinski definition) is 2. The van der Waals surface area contributed by atoms with E-state index in [4.69, 9.17) is 10.5 Å². The molecule has 1 unspecified atom stereocenters. The molecular weight excluding hydrogens is 180 g/mol. The minimum atomic E-state index is -0.328. The van der Waals surface area contributed by atoms with E-state index >= 15 is 0 Å². The fourth-order valence-electron chi connectivity index (χ4n) is 1.47. The topological polar surface area (TPSA) is 64.3 Å². The summed E-state index contributed by atoms with van der Waals surface area (Å²) < 4.78 is 4.79. The molecule has 0 bridgehead atoms. The molecule has 1 saturated heterocycles. The molecule has 0 spiro atoms. The van der Waals surface area contributed by atoms with Crippen molar-refractivity contribution in [2.45, 2.75) is 12.5 Å². The molecule has 0 aliphatic carbocycles. The number of nitrogens with one attached hydrogen (secondary N) is 1. The Morgan fingerprint density at radius 3 is 2.71 bits per heavy atom. The first-order valence-corrected chi connectivity index (χ1v) is 4.52. The third-order valence-corrected chi connectivity index (χ3v) is 2.20. The Morgan fingerprint density at radius 2 is 2.14 bits per heavy atom. The van der Waals surface area contributed by atoms with E-state index in [1.807, 2.05) is 24.3 Å². The predicted molar refractivity (Wildman–Crippen MR) is 52.8 cm³/mol. The summed E-state index contributed by atoms with van der Waals surface area (Å²) in [7, 11) is 0. The first kappa shape index (κ1) is 8.87. The molecule has 0 saturated carbocycles. The lowest BCUT2D eigenvalue weighted by molar-refractivity contribution is 0.177. The highest BCUT2D eigenvalue weighted by Crippen LogP contribution is 2.10. The van der Waals surface area contributed by atoms with Crippen LogP contribution in [0.2, 0.25) is 0 Å². The van der Waals surface area contributed by atoms with Crippen molar-refractivity contribution in [3.63, 3.8) is 0 Å². The molecule has 1 aliphatic heterocycles. The minimum Gasteiger partial charge on any atom is -0.447 e. The van der Waals surface area contributed by atoms with Gasteiger partial charge in [0.05, 0.1) is 6.04 Å². The monoisotopic (exact) mass is 192 g/mol. The van der Waals surface area contributed by atoms with Gasteiger partial charge in [-0.05, 0) is 24.1 Å². The van der Waals surface area contributed by atoms with Crippen LogP contribution < -0.4 is 11.1 Å². The average Bonchev–Trinajstić information content (AvgIpc) is 2.56. The Kier molecular flexibility index (Phi) is 2.26. The van der Waals surface area contributed by atoms with E-state index in [1.165, 1.54) is 0 Å². The van der Waals surface area contributed by atoms with Crippen molar-refractivity contribution in [3.8, 4) is 0 Å². The van der Waals surface area contributed by atoms with Gasteiger partial charge in [0.1, 0.15) is 6.61 Å². The molecule has 1 heterocycles. The normalized spacial score (nSPS) is 20.3. The first-order chi connectivity index (χ1) is 6.74. The van der Waals surface area contributed by atoms with Crippen LogP contribution in [0, 0.1) is 0 Å². The molecule has 0 radical (unpaired) electrons. The highest BCUT2D eigenvalue weighted by molar-refractivity contribution is 5.69. The van der Waals surface area contributed by atoms with E-state index in [1.54, 1.807) is 0 Å². The van der Waals surface area contributed by atoms with Crippen molar-refractivity contribution in [2.75, 3.05) is 12.3 Å². The molecule has 1 atom stereocenters. The second-order valence-corrected chi connectivity index (χ2v) is 3.39. The number of cyclic esters (lactones) is 1. The van der Waals surface area contributed by atoms with Gasteiger partial charge >= 0.3 is 6.09 Å². The van der Waals surface area contributed by atoms with Gasteiger partial charge < -0.3 is 15.8 Å². The number of hydrogen-bond acceptors (Lipinski definition) is 3. The van der Waals surface area contributed by atoms with E-state index < -0.39 is 0 Å². The minimum absolute atomic E-state index is 0.0890. The summed E-state index contributed by atoms with van der Waals surface area (Å²) in [6.45, 7) is 0.448. The van der Waals surface area contributed by atoms with Gasteiger partial charge in [-0.3, -0.25) is 0 Å². The Balaban J connectivity index is 1.97. The SMILES string of the molecule is Nc1ccc(CC2COC(=O)N2)cc1. The van der Waals surface area contributed by atoms with Gasteiger partial charge in [0.2, 0.25) is 0 Å². The molecule has 14 heavy (non-hydrogen) atoms. The summed E-state index contributed by atoms with van der Waals surface area (Å²) in [5.74, 6) is 0. The predicted octanol–water partition coefficient (Wildman–Crippen LogP) is 0.920. The molecule has 4 nitrogen and oxygen atoms in total. The van der Waals surface area contributed by atoms with Crippen LogP contribution in [0.25, 0.3) is 0 Å². The number of benzene rings is 1. The average molecular weight is 192 g/mol. The molecule has 3 N–H and O–H groups in total. The number of rotatable bonds is 2. The quantitative estimate of drug-likeness (QED) is 0.685. The smallest absolute Gasteiger partial charge is 0.407 e. The van der Waals surface area contributed by atoms with Crippen LogP contribution in [0.5, 0.6) is 0 Å². The summed E-state index contributed by atoms with van der Waals surface area (Å²) in [5, 5.41) is 2.72. The Morgan fingerprint density at radius 1 is 1.43 bits per heavy atom. The van der Waals surface area contributed by atoms with Crippen molar-refractivity contribution in [3.05, 3.63) is 29.8 Å². The number of carbonyl (C=O) groups excluding carboxylic acids is 1. The van der Waals surface area contributed by atoms with Gasteiger partial charge in [-0.25, -0.2) is 4.79 Å². The van der Waals surface area contributed by atoms with Crippen LogP contribution in [-0.4, -0.2) is 18.7 Å². The lowest BCUT2D eigenvalue weighted by Crippen LogP contribution is -2.28. The number of nitrogen functional groups attached to an aromatic ring is 1. The zero-order valence-corrected chi connectivity index (χ0v) is 7.69. The van der Waals surface area contributed by atoms with Gasteiger partial charge in [-0.2, -0.15) is 0 Å². The van der Waals surface area contributed by atoms with Gasteiger partial charge in [0.25, 0.3) is 0 Å². The van der Waals surface area contributed by atoms with Crippen LogP contribution in [-0.2, 0) is 11.2 Å². The zero-order chi connectivity index (χ0) is 9.97. The molecule has 74 valence electrons. The second-order valence-electron chi connectivity index (χ2n) is 3.39. The summed E-state index contributed by atoms with van der Waals surface area (Å²) in [5.41, 5.74) is 7.46. The molecule has 4 heteroatoms. The number of anilines is 1. The Bertz CT molecular complexity index is 334. The fourth-order valence-corrected chi connectivity index (χ4v) is 1.47. The molecule has 1 aliphatic rings. The largest absolute Gasteiger partial charge is 0.447 e. The van der Waals surface area contributed by atoms with E-state index in [-0.39, 0.29) is 12.1 Å². The lowest BCUT2D eigenvalue weighted by Gasteiger charge is -2.06. The van der Waals surface area contributed by atoms with Gasteiger partial charge in [0.15, 0.2) is 0 Å². The third-order valence-electron chi connectivity index (χ3n) is 2.20. The maximum Gasteiger partial charge on any atom is 0.407 e. The van der Waals surface area contributed by atoms with E-state index in [0.29, 0.717) is 6.61 Å². The highest BCUT2D eigenvalue weighted by Gasteiger charge is 2.21. The lowest BCUT2D eigenvalue weighted by atomic mass is 10.1. The molecule has 1 fully saturated rings. The number of carbonyl (C=O) groups is 1. The van der Waals surface area contributed by atoms with Crippen LogP contribution in [0.15, 0.2) is 24.3 Å². The molecule has 1 aromatic carbocycles. The number of amides is 1. The maximum absolute atomic E-state index is 10.7. The summed E-state index contributed by atoms with van der Waals surface area (Å²) >= 11 is 0. The standard InChI is InChI=1S/C10H12N2O2/c11-8-3-1-7(2-4-8)5-9-6-14-10(13)12-9/h1-4,9H,5-6,11H2,(H,12,13). The molecule has 1 aromatic rings. The number of ether oxygens (including phenoxy) is 1. The van der Waals surface area contributed by atoms with Crippen LogP contribution >= 0.6 is 0 Å². The van der Waals surface area contributed by atoms with Crippen molar-refractivity contribution < 1.29 is 9.53 Å². The zero-order valence-electron chi connectivity index (χ0n) is 7.69. The highest BCUT2D eigenvalue weighted by atomic mass is 16.6. The molecular formula is C10H12N2O2. The van der Waals surface area contributed by atoms with Crippen molar-refractivity contribution >= 4 is 11.8 Å². The van der Waals surface area contributed by atoms with Crippen LogP contribution in [0.3, 0.4) is 0 Å². The fraction of sp³-hybridized carbons (Fsp3) is 0.300. The maximum atomic E-state index is 10.7. The molecule has 1 amide bonds. The third kappa shape index (κ3) is 1.96. The summed E-state index contributed by atoms with van der Waals surface area (Å²) in [6, 6.07) is 7.71. The van der Waals surface area contributed by atoms with Crippen molar-refractivity contribution in [1.29, 1.82) is 0 Å². The number of alkyl carbamates (subject to hydrolysis) is 1. The van der Waals surface area contributed by atoms with E-state index in [0.717, 1.165) is 17.7 Å². The Labute approximate surface area is 82.1 Å².